The molecular weight excluding hydrogens is 264 g/mol. The zero-order valence-electron chi connectivity index (χ0n) is 12.8. The van der Waals surface area contributed by atoms with Crippen LogP contribution in [-0.2, 0) is 0 Å². The Bertz CT molecular complexity index is 492. The number of aliphatic hydroxyl groups excluding tert-OH is 1. The van der Waals surface area contributed by atoms with Crippen molar-refractivity contribution in [2.75, 3.05) is 19.7 Å². The minimum Gasteiger partial charge on any atom is -0.491 e. The van der Waals surface area contributed by atoms with E-state index in [9.17, 15) is 5.11 Å². The summed E-state index contributed by atoms with van der Waals surface area (Å²) in [5.41, 5.74) is 0.569. The van der Waals surface area contributed by atoms with Crippen LogP contribution in [0.15, 0.2) is 24.3 Å². The predicted molar refractivity (Wildman–Crippen MR) is 82.1 cm³/mol. The van der Waals surface area contributed by atoms with Crippen LogP contribution in [0.3, 0.4) is 0 Å². The van der Waals surface area contributed by atoms with Crippen molar-refractivity contribution in [1.82, 2.24) is 4.90 Å². The Hall–Kier alpha value is -1.57. The fourth-order valence-electron chi connectivity index (χ4n) is 2.30. The molecule has 1 aliphatic rings. The van der Waals surface area contributed by atoms with E-state index in [1.807, 2.05) is 0 Å². The highest BCUT2D eigenvalue weighted by Crippen LogP contribution is 2.30. The van der Waals surface area contributed by atoms with Gasteiger partial charge < -0.3 is 9.84 Å². The number of benzene rings is 1. The number of rotatable bonds is 8. The monoisotopic (exact) mass is 288 g/mol. The molecule has 0 bridgehead atoms. The van der Waals surface area contributed by atoms with E-state index in [0.29, 0.717) is 23.9 Å². The first-order chi connectivity index (χ1) is 10.1. The van der Waals surface area contributed by atoms with Crippen LogP contribution in [0.2, 0.25) is 0 Å². The molecule has 0 saturated heterocycles. The molecular formula is C17H24N2O2. The minimum absolute atomic E-state index is 0.253. The Labute approximate surface area is 127 Å². The van der Waals surface area contributed by atoms with Crippen LogP contribution < -0.4 is 4.74 Å². The van der Waals surface area contributed by atoms with Gasteiger partial charge in [-0.05, 0) is 50.8 Å². The highest BCUT2D eigenvalue weighted by Gasteiger charge is 2.26. The number of ether oxygens (including phenoxy) is 1. The summed E-state index contributed by atoms with van der Waals surface area (Å²) in [4.78, 5) is 2.32. The van der Waals surface area contributed by atoms with E-state index in [4.69, 9.17) is 10.00 Å². The third kappa shape index (κ3) is 5.37. The van der Waals surface area contributed by atoms with Gasteiger partial charge in [0.25, 0.3) is 0 Å². The molecule has 114 valence electrons. The average Bonchev–Trinajstić information content (AvgIpc) is 3.28. The van der Waals surface area contributed by atoms with E-state index in [0.717, 1.165) is 12.5 Å². The van der Waals surface area contributed by atoms with Crippen molar-refractivity contribution < 1.29 is 9.84 Å². The van der Waals surface area contributed by atoms with E-state index in [2.05, 4.69) is 24.8 Å². The summed E-state index contributed by atoms with van der Waals surface area (Å²) in [5.74, 6) is 1.44. The third-order valence-electron chi connectivity index (χ3n) is 3.77. The second-order valence-electron chi connectivity index (χ2n) is 6.10. The fraction of sp³-hybridized carbons (Fsp3) is 0.588. The first kappa shape index (κ1) is 15.8. The number of hydrogen-bond donors (Lipinski definition) is 1. The number of nitrogens with zero attached hydrogens (tertiary/aromatic N) is 2. The Morgan fingerprint density at radius 1 is 1.43 bits per heavy atom. The normalized spacial score (nSPS) is 16.0. The molecule has 1 N–H and O–H groups in total. The van der Waals surface area contributed by atoms with Crippen molar-refractivity contribution in [2.45, 2.75) is 38.8 Å². The standard InChI is InChI=1S/C17H24N2O2/c1-13(2)19(10-14-6-7-14)11-16(20)12-21-17-5-3-4-15(8-17)9-18/h3-5,8,13-14,16,20H,6-7,10-12H2,1-2H3. The van der Waals surface area contributed by atoms with E-state index < -0.39 is 6.10 Å². The highest BCUT2D eigenvalue weighted by atomic mass is 16.5. The molecule has 0 amide bonds. The van der Waals surface area contributed by atoms with Crippen molar-refractivity contribution in [3.63, 3.8) is 0 Å². The van der Waals surface area contributed by atoms with Crippen molar-refractivity contribution in [1.29, 1.82) is 5.26 Å². The lowest BCUT2D eigenvalue weighted by molar-refractivity contribution is 0.0556. The highest BCUT2D eigenvalue weighted by molar-refractivity contribution is 5.36. The molecule has 21 heavy (non-hydrogen) atoms. The fourth-order valence-corrected chi connectivity index (χ4v) is 2.30. The first-order valence-corrected chi connectivity index (χ1v) is 7.63. The summed E-state index contributed by atoms with van der Waals surface area (Å²) in [6.45, 7) is 6.27. The number of aliphatic hydroxyl groups is 1. The summed E-state index contributed by atoms with van der Waals surface area (Å²) in [6, 6.07) is 9.53. The maximum absolute atomic E-state index is 10.2. The molecule has 1 aliphatic carbocycles. The summed E-state index contributed by atoms with van der Waals surface area (Å²) in [6.07, 6.45) is 2.12. The van der Waals surface area contributed by atoms with Gasteiger partial charge in [-0.3, -0.25) is 4.90 Å². The van der Waals surface area contributed by atoms with Crippen LogP contribution in [0, 0.1) is 17.2 Å². The van der Waals surface area contributed by atoms with Gasteiger partial charge in [0.1, 0.15) is 18.5 Å². The van der Waals surface area contributed by atoms with Gasteiger partial charge in [0, 0.05) is 19.1 Å². The average molecular weight is 288 g/mol. The maximum atomic E-state index is 10.2. The molecule has 0 spiro atoms. The second-order valence-corrected chi connectivity index (χ2v) is 6.10. The minimum atomic E-state index is -0.517. The Balaban J connectivity index is 1.79. The summed E-state index contributed by atoms with van der Waals surface area (Å²) in [7, 11) is 0. The lowest BCUT2D eigenvalue weighted by Gasteiger charge is -2.28. The molecule has 0 aliphatic heterocycles. The Morgan fingerprint density at radius 3 is 2.81 bits per heavy atom. The van der Waals surface area contributed by atoms with Gasteiger partial charge in [-0.2, -0.15) is 5.26 Å². The largest absolute Gasteiger partial charge is 0.491 e. The molecule has 4 nitrogen and oxygen atoms in total. The molecule has 1 aromatic rings. The quantitative estimate of drug-likeness (QED) is 0.798. The van der Waals surface area contributed by atoms with Crippen LogP contribution in [0.4, 0.5) is 0 Å². The molecule has 1 atom stereocenters. The van der Waals surface area contributed by atoms with Gasteiger partial charge in [-0.15, -0.1) is 0 Å². The van der Waals surface area contributed by atoms with Crippen molar-refractivity contribution in [3.05, 3.63) is 29.8 Å². The van der Waals surface area contributed by atoms with Crippen LogP contribution in [0.5, 0.6) is 5.75 Å². The molecule has 0 heterocycles. The van der Waals surface area contributed by atoms with Gasteiger partial charge >= 0.3 is 0 Å². The zero-order valence-corrected chi connectivity index (χ0v) is 12.8. The van der Waals surface area contributed by atoms with Crippen molar-refractivity contribution in [2.24, 2.45) is 5.92 Å². The van der Waals surface area contributed by atoms with Gasteiger partial charge in [-0.25, -0.2) is 0 Å². The zero-order chi connectivity index (χ0) is 15.2. The first-order valence-electron chi connectivity index (χ1n) is 7.63. The second kappa shape index (κ2) is 7.44. The topological polar surface area (TPSA) is 56.5 Å². The molecule has 0 radical (unpaired) electrons. The molecule has 1 saturated carbocycles. The Morgan fingerprint density at radius 2 is 2.19 bits per heavy atom. The van der Waals surface area contributed by atoms with Crippen molar-refractivity contribution in [3.8, 4) is 11.8 Å². The predicted octanol–water partition coefficient (Wildman–Crippen LogP) is 2.42. The van der Waals surface area contributed by atoms with Crippen LogP contribution >= 0.6 is 0 Å². The van der Waals surface area contributed by atoms with E-state index in [-0.39, 0.29) is 6.61 Å². The number of nitriles is 1. The van der Waals surface area contributed by atoms with Crippen LogP contribution in [0.1, 0.15) is 32.3 Å². The van der Waals surface area contributed by atoms with Crippen molar-refractivity contribution >= 4 is 0 Å². The van der Waals surface area contributed by atoms with Gasteiger partial charge in [-0.1, -0.05) is 6.07 Å². The van der Waals surface area contributed by atoms with Gasteiger partial charge in [0.2, 0.25) is 0 Å². The summed E-state index contributed by atoms with van der Waals surface area (Å²) >= 11 is 0. The summed E-state index contributed by atoms with van der Waals surface area (Å²) < 4.78 is 5.58. The van der Waals surface area contributed by atoms with Gasteiger partial charge in [0.05, 0.1) is 11.6 Å². The van der Waals surface area contributed by atoms with E-state index in [1.54, 1.807) is 24.3 Å². The van der Waals surface area contributed by atoms with E-state index >= 15 is 0 Å². The molecule has 4 heteroatoms. The molecule has 1 unspecified atom stereocenters. The lowest BCUT2D eigenvalue weighted by atomic mass is 10.2. The van der Waals surface area contributed by atoms with Gasteiger partial charge in [0.15, 0.2) is 0 Å². The lowest BCUT2D eigenvalue weighted by Crippen LogP contribution is -2.40. The molecule has 1 aromatic carbocycles. The summed E-state index contributed by atoms with van der Waals surface area (Å²) in [5, 5.41) is 19.0. The third-order valence-corrected chi connectivity index (χ3v) is 3.77. The van der Waals surface area contributed by atoms with Crippen LogP contribution in [-0.4, -0.2) is 41.8 Å². The van der Waals surface area contributed by atoms with Crippen LogP contribution in [0.25, 0.3) is 0 Å². The molecule has 2 rings (SSSR count). The Kier molecular flexibility index (Phi) is 5.60. The number of hydrogen-bond acceptors (Lipinski definition) is 4. The maximum Gasteiger partial charge on any atom is 0.120 e. The molecule has 0 aromatic heterocycles. The molecule has 1 fully saturated rings. The smallest absolute Gasteiger partial charge is 0.120 e. The SMILES string of the molecule is CC(C)N(CC(O)COc1cccc(C#N)c1)CC1CC1. The van der Waals surface area contributed by atoms with E-state index in [1.165, 1.54) is 12.8 Å².